The van der Waals surface area contributed by atoms with Gasteiger partial charge in [0.2, 0.25) is 0 Å². The third kappa shape index (κ3) is 4.37. The van der Waals surface area contributed by atoms with Gasteiger partial charge in [-0.15, -0.1) is 5.10 Å². The smallest absolute Gasteiger partial charge is 0.335 e. The van der Waals surface area contributed by atoms with Gasteiger partial charge in [0, 0.05) is 0 Å². The molecule has 0 bridgehead atoms. The third-order valence-corrected chi connectivity index (χ3v) is 2.79. The Hall–Kier alpha value is -1.88. The lowest BCUT2D eigenvalue weighted by molar-refractivity contribution is 0.282. The number of ether oxygens (including phenoxy) is 1. The summed E-state index contributed by atoms with van der Waals surface area (Å²) in [4.78, 5) is 4.14. The van der Waals surface area contributed by atoms with E-state index in [-0.39, 0.29) is 0 Å². The minimum atomic E-state index is 0.442. The van der Waals surface area contributed by atoms with Crippen molar-refractivity contribution in [3.05, 3.63) is 36.7 Å². The fraction of sp³-hybridized carbons (Fsp3) is 0.429. The second kappa shape index (κ2) is 7.53. The Morgan fingerprint density at radius 2 is 2.00 bits per heavy atom. The van der Waals surface area contributed by atoms with E-state index in [9.17, 15) is 0 Å². The Labute approximate surface area is 113 Å². The first-order valence-corrected chi connectivity index (χ1v) is 6.64. The summed E-state index contributed by atoms with van der Waals surface area (Å²) in [5, 5.41) is 7.41. The minimum absolute atomic E-state index is 0.442. The Bertz CT molecular complexity index is 469. The SMILES string of the molecule is CNCCCCCOc1ncn(-c2ccccc2)n1. The molecule has 0 aliphatic carbocycles. The highest BCUT2D eigenvalue weighted by Gasteiger charge is 2.02. The van der Waals surface area contributed by atoms with Gasteiger partial charge >= 0.3 is 6.01 Å². The fourth-order valence-corrected chi connectivity index (χ4v) is 1.76. The molecule has 0 saturated carbocycles. The summed E-state index contributed by atoms with van der Waals surface area (Å²) in [6, 6.07) is 10.3. The van der Waals surface area contributed by atoms with E-state index < -0.39 is 0 Å². The van der Waals surface area contributed by atoms with Gasteiger partial charge in [0.1, 0.15) is 6.33 Å². The van der Waals surface area contributed by atoms with Crippen molar-refractivity contribution in [1.82, 2.24) is 20.1 Å². The van der Waals surface area contributed by atoms with Gasteiger partial charge in [-0.1, -0.05) is 18.2 Å². The number of benzene rings is 1. The molecule has 5 nitrogen and oxygen atoms in total. The molecule has 0 aliphatic heterocycles. The molecule has 2 rings (SSSR count). The lowest BCUT2D eigenvalue weighted by atomic mass is 10.2. The van der Waals surface area contributed by atoms with Crippen LogP contribution in [0.1, 0.15) is 19.3 Å². The van der Waals surface area contributed by atoms with E-state index in [1.165, 1.54) is 6.42 Å². The Balaban J connectivity index is 1.75. The van der Waals surface area contributed by atoms with Crippen molar-refractivity contribution < 1.29 is 4.74 Å². The molecule has 1 N–H and O–H groups in total. The third-order valence-electron chi connectivity index (χ3n) is 2.79. The van der Waals surface area contributed by atoms with Crippen LogP contribution in [0.5, 0.6) is 6.01 Å². The van der Waals surface area contributed by atoms with E-state index in [0.29, 0.717) is 12.6 Å². The monoisotopic (exact) mass is 260 g/mol. The Morgan fingerprint density at radius 3 is 2.79 bits per heavy atom. The van der Waals surface area contributed by atoms with Gasteiger partial charge in [0.25, 0.3) is 0 Å². The van der Waals surface area contributed by atoms with Crippen LogP contribution in [-0.4, -0.2) is 35.0 Å². The number of unbranched alkanes of at least 4 members (excludes halogenated alkanes) is 2. The lowest BCUT2D eigenvalue weighted by Crippen LogP contribution is -2.08. The minimum Gasteiger partial charge on any atom is -0.462 e. The number of nitrogens with one attached hydrogen (secondary N) is 1. The van der Waals surface area contributed by atoms with Gasteiger partial charge < -0.3 is 10.1 Å². The molecule has 0 spiro atoms. The first-order valence-electron chi connectivity index (χ1n) is 6.64. The molecule has 0 unspecified atom stereocenters. The summed E-state index contributed by atoms with van der Waals surface area (Å²) < 4.78 is 7.24. The van der Waals surface area contributed by atoms with Crippen LogP contribution in [0.3, 0.4) is 0 Å². The molecule has 1 aromatic carbocycles. The van der Waals surface area contributed by atoms with E-state index in [4.69, 9.17) is 4.74 Å². The molecule has 1 aromatic heterocycles. The maximum Gasteiger partial charge on any atom is 0.335 e. The standard InChI is InChI=1S/C14H20N4O/c1-15-10-6-3-7-11-19-14-16-12-18(17-14)13-8-4-2-5-9-13/h2,4-5,8-9,12,15H,3,6-7,10-11H2,1H3. The number of nitrogens with zero attached hydrogens (tertiary/aromatic N) is 3. The van der Waals surface area contributed by atoms with Crippen molar-refractivity contribution in [1.29, 1.82) is 0 Å². The number of hydrogen-bond acceptors (Lipinski definition) is 4. The first kappa shape index (κ1) is 13.5. The fourth-order valence-electron chi connectivity index (χ4n) is 1.76. The number of aromatic nitrogens is 3. The van der Waals surface area contributed by atoms with Gasteiger partial charge in [0.05, 0.1) is 12.3 Å². The van der Waals surface area contributed by atoms with Gasteiger partial charge in [-0.05, 0) is 45.0 Å². The van der Waals surface area contributed by atoms with Crippen molar-refractivity contribution >= 4 is 0 Å². The zero-order valence-corrected chi connectivity index (χ0v) is 11.2. The van der Waals surface area contributed by atoms with Crippen LogP contribution >= 0.6 is 0 Å². The largest absolute Gasteiger partial charge is 0.462 e. The van der Waals surface area contributed by atoms with Crippen LogP contribution in [0.25, 0.3) is 5.69 Å². The molecule has 0 radical (unpaired) electrons. The predicted octanol–water partition coefficient (Wildman–Crippen LogP) is 2.04. The Kier molecular flexibility index (Phi) is 5.37. The highest BCUT2D eigenvalue weighted by atomic mass is 16.5. The molecule has 19 heavy (non-hydrogen) atoms. The van der Waals surface area contributed by atoms with E-state index in [0.717, 1.165) is 25.1 Å². The highest BCUT2D eigenvalue weighted by molar-refractivity contribution is 5.29. The molecule has 2 aromatic rings. The van der Waals surface area contributed by atoms with Crippen molar-refractivity contribution in [2.24, 2.45) is 0 Å². The molecule has 0 atom stereocenters. The average Bonchev–Trinajstić information content (AvgIpc) is 2.92. The molecule has 5 heteroatoms. The molecule has 0 saturated heterocycles. The number of hydrogen-bond donors (Lipinski definition) is 1. The average molecular weight is 260 g/mol. The van der Waals surface area contributed by atoms with Crippen LogP contribution in [0.15, 0.2) is 36.7 Å². The van der Waals surface area contributed by atoms with Gasteiger partial charge in [-0.25, -0.2) is 4.68 Å². The van der Waals surface area contributed by atoms with Crippen LogP contribution in [-0.2, 0) is 0 Å². The van der Waals surface area contributed by atoms with Crippen LogP contribution in [0.4, 0.5) is 0 Å². The molecular weight excluding hydrogens is 240 g/mol. The topological polar surface area (TPSA) is 52.0 Å². The van der Waals surface area contributed by atoms with Gasteiger partial charge in [-0.3, -0.25) is 0 Å². The second-order valence-electron chi connectivity index (χ2n) is 4.32. The Morgan fingerprint density at radius 1 is 1.16 bits per heavy atom. The van der Waals surface area contributed by atoms with Crippen molar-refractivity contribution in [2.75, 3.05) is 20.2 Å². The summed E-state index contributed by atoms with van der Waals surface area (Å²) in [6.07, 6.45) is 5.03. The van der Waals surface area contributed by atoms with Gasteiger partial charge in [0.15, 0.2) is 0 Å². The quantitative estimate of drug-likeness (QED) is 0.738. The summed E-state index contributed by atoms with van der Waals surface area (Å²) in [5.41, 5.74) is 0.985. The van der Waals surface area contributed by atoms with Crippen LogP contribution in [0.2, 0.25) is 0 Å². The summed E-state index contributed by atoms with van der Waals surface area (Å²) in [6.45, 7) is 1.73. The maximum atomic E-state index is 5.52. The van der Waals surface area contributed by atoms with Crippen molar-refractivity contribution in [2.45, 2.75) is 19.3 Å². The normalized spacial score (nSPS) is 10.6. The van der Waals surface area contributed by atoms with Gasteiger partial charge in [-0.2, -0.15) is 4.98 Å². The maximum absolute atomic E-state index is 5.52. The molecule has 1 heterocycles. The predicted molar refractivity (Wildman–Crippen MR) is 74.6 cm³/mol. The number of para-hydroxylation sites is 1. The van der Waals surface area contributed by atoms with E-state index in [2.05, 4.69) is 15.4 Å². The van der Waals surface area contributed by atoms with Crippen LogP contribution < -0.4 is 10.1 Å². The molecule has 0 aliphatic rings. The molecule has 102 valence electrons. The lowest BCUT2D eigenvalue weighted by Gasteiger charge is -2.02. The zero-order chi connectivity index (χ0) is 13.3. The van der Waals surface area contributed by atoms with E-state index in [1.54, 1.807) is 11.0 Å². The zero-order valence-electron chi connectivity index (χ0n) is 11.2. The highest BCUT2D eigenvalue weighted by Crippen LogP contribution is 2.08. The van der Waals surface area contributed by atoms with Crippen molar-refractivity contribution in [3.63, 3.8) is 0 Å². The number of rotatable bonds is 8. The second-order valence-corrected chi connectivity index (χ2v) is 4.32. The van der Waals surface area contributed by atoms with Crippen molar-refractivity contribution in [3.8, 4) is 11.7 Å². The molecule has 0 fully saturated rings. The summed E-state index contributed by atoms with van der Waals surface area (Å²) >= 11 is 0. The first-order chi connectivity index (χ1) is 9.40. The van der Waals surface area contributed by atoms with E-state index in [1.807, 2.05) is 37.4 Å². The summed E-state index contributed by atoms with van der Waals surface area (Å²) in [7, 11) is 1.97. The van der Waals surface area contributed by atoms with E-state index >= 15 is 0 Å². The molecule has 0 amide bonds. The summed E-state index contributed by atoms with van der Waals surface area (Å²) in [5.74, 6) is 0. The van der Waals surface area contributed by atoms with Crippen LogP contribution in [0, 0.1) is 0 Å². The molecular formula is C14H20N4O.